The van der Waals surface area contributed by atoms with Crippen LogP contribution in [0.15, 0.2) is 24.3 Å². The molecule has 6 heteroatoms. The Labute approximate surface area is 142 Å². The van der Waals surface area contributed by atoms with Crippen molar-refractivity contribution < 1.29 is 24.2 Å². The highest BCUT2D eigenvalue weighted by Gasteiger charge is 2.23. The second kappa shape index (κ2) is 8.68. The summed E-state index contributed by atoms with van der Waals surface area (Å²) in [6, 6.07) is 6.72. The Morgan fingerprint density at radius 1 is 1.46 bits per heavy atom. The summed E-state index contributed by atoms with van der Waals surface area (Å²) in [5.41, 5.74) is 0.432. The fourth-order valence-corrected chi connectivity index (χ4v) is 2.64. The van der Waals surface area contributed by atoms with Gasteiger partial charge in [0.1, 0.15) is 18.9 Å². The number of benzene rings is 1. The van der Waals surface area contributed by atoms with E-state index >= 15 is 0 Å². The molecule has 0 bridgehead atoms. The van der Waals surface area contributed by atoms with Gasteiger partial charge in [0.15, 0.2) is 0 Å². The number of carbonyl (C=O) groups excluding carboxylic acids is 1. The summed E-state index contributed by atoms with van der Waals surface area (Å²) in [4.78, 5) is 25.1. The van der Waals surface area contributed by atoms with Crippen molar-refractivity contribution in [3.05, 3.63) is 29.8 Å². The van der Waals surface area contributed by atoms with Crippen LogP contribution in [0.4, 0.5) is 0 Å². The lowest BCUT2D eigenvalue weighted by Gasteiger charge is -2.27. The van der Waals surface area contributed by atoms with Crippen LogP contribution in [0.5, 0.6) is 5.75 Å². The number of hydrogen-bond donors (Lipinski definition) is 1. The Balaban J connectivity index is 2.06. The Hall–Kier alpha value is -2.08. The molecule has 1 aliphatic rings. The van der Waals surface area contributed by atoms with Gasteiger partial charge in [-0.3, -0.25) is 9.59 Å². The van der Waals surface area contributed by atoms with Crippen LogP contribution in [-0.2, 0) is 9.53 Å². The van der Waals surface area contributed by atoms with Crippen LogP contribution in [0, 0.1) is 0 Å². The minimum absolute atomic E-state index is 0.105. The van der Waals surface area contributed by atoms with Gasteiger partial charge >= 0.3 is 5.97 Å². The summed E-state index contributed by atoms with van der Waals surface area (Å²) in [6.45, 7) is 4.69. The third-order valence-corrected chi connectivity index (χ3v) is 4.23. The molecule has 1 aromatic carbocycles. The number of rotatable bonds is 8. The average Bonchev–Trinajstić information content (AvgIpc) is 3.10. The van der Waals surface area contributed by atoms with Gasteiger partial charge in [0.05, 0.1) is 6.10 Å². The second-order valence-electron chi connectivity index (χ2n) is 6.06. The van der Waals surface area contributed by atoms with Crippen molar-refractivity contribution in [2.24, 2.45) is 0 Å². The number of amides is 1. The van der Waals surface area contributed by atoms with E-state index in [1.807, 2.05) is 13.8 Å². The molecule has 132 valence electrons. The molecule has 6 nitrogen and oxygen atoms in total. The number of ether oxygens (including phenoxy) is 2. The number of carbonyl (C=O) groups is 2. The molecule has 2 atom stereocenters. The fraction of sp³-hybridized carbons (Fsp3) is 0.556. The highest BCUT2D eigenvalue weighted by Crippen LogP contribution is 2.19. The van der Waals surface area contributed by atoms with Crippen molar-refractivity contribution in [1.29, 1.82) is 0 Å². The fourth-order valence-electron chi connectivity index (χ4n) is 2.64. The predicted molar refractivity (Wildman–Crippen MR) is 89.3 cm³/mol. The van der Waals surface area contributed by atoms with E-state index in [0.29, 0.717) is 24.3 Å². The van der Waals surface area contributed by atoms with Gasteiger partial charge in [-0.25, -0.2) is 0 Å². The Kier molecular flexibility index (Phi) is 6.61. The molecule has 2 unspecified atom stereocenters. The molecule has 0 aliphatic carbocycles. The van der Waals surface area contributed by atoms with Gasteiger partial charge in [-0.2, -0.15) is 0 Å². The standard InChI is InChI=1S/C18H25NO5/c1-3-13(2)19(11-17(20)21)18(22)14-6-4-7-15(10-14)24-12-16-8-5-9-23-16/h4,6-7,10,13,16H,3,5,8-9,11-12H2,1-2H3,(H,20,21). The Morgan fingerprint density at radius 3 is 2.88 bits per heavy atom. The van der Waals surface area contributed by atoms with Crippen molar-refractivity contribution >= 4 is 11.9 Å². The molecule has 1 aliphatic heterocycles. The summed E-state index contributed by atoms with van der Waals surface area (Å²) in [5, 5.41) is 9.05. The molecule has 0 saturated carbocycles. The Bertz CT molecular complexity index is 568. The summed E-state index contributed by atoms with van der Waals surface area (Å²) < 4.78 is 11.2. The number of aliphatic carboxylic acids is 1. The van der Waals surface area contributed by atoms with Gasteiger partial charge in [-0.1, -0.05) is 13.0 Å². The molecule has 1 amide bonds. The van der Waals surface area contributed by atoms with E-state index in [1.54, 1.807) is 24.3 Å². The first kappa shape index (κ1) is 18.3. The highest BCUT2D eigenvalue weighted by atomic mass is 16.5. The van der Waals surface area contributed by atoms with Crippen LogP contribution in [0.2, 0.25) is 0 Å². The van der Waals surface area contributed by atoms with Crippen molar-refractivity contribution in [2.75, 3.05) is 19.8 Å². The van der Waals surface area contributed by atoms with Crippen LogP contribution < -0.4 is 4.74 Å². The van der Waals surface area contributed by atoms with Gasteiger partial charge in [-0.05, 0) is 44.4 Å². The van der Waals surface area contributed by atoms with E-state index in [2.05, 4.69) is 0 Å². The summed E-state index contributed by atoms with van der Waals surface area (Å²) >= 11 is 0. The second-order valence-corrected chi connectivity index (χ2v) is 6.06. The van der Waals surface area contributed by atoms with Gasteiger partial charge in [0.25, 0.3) is 5.91 Å². The molecule has 0 aromatic heterocycles. The maximum Gasteiger partial charge on any atom is 0.323 e. The van der Waals surface area contributed by atoms with Crippen molar-refractivity contribution in [1.82, 2.24) is 4.90 Å². The molecule has 24 heavy (non-hydrogen) atoms. The molecule has 1 N–H and O–H groups in total. The quantitative estimate of drug-likeness (QED) is 0.790. The predicted octanol–water partition coefficient (Wildman–Crippen LogP) is 2.57. The lowest BCUT2D eigenvalue weighted by atomic mass is 10.1. The van der Waals surface area contributed by atoms with E-state index < -0.39 is 5.97 Å². The van der Waals surface area contributed by atoms with Crippen LogP contribution in [0.1, 0.15) is 43.5 Å². The first-order chi connectivity index (χ1) is 11.5. The average molecular weight is 335 g/mol. The zero-order valence-electron chi connectivity index (χ0n) is 14.2. The zero-order chi connectivity index (χ0) is 17.5. The SMILES string of the molecule is CCC(C)N(CC(=O)O)C(=O)c1cccc(OCC2CCCO2)c1. The van der Waals surface area contributed by atoms with Crippen molar-refractivity contribution in [2.45, 2.75) is 45.3 Å². The number of carboxylic acids is 1. The van der Waals surface area contributed by atoms with E-state index in [0.717, 1.165) is 19.4 Å². The van der Waals surface area contributed by atoms with Crippen LogP contribution in [0.25, 0.3) is 0 Å². The lowest BCUT2D eigenvalue weighted by Crippen LogP contribution is -2.41. The van der Waals surface area contributed by atoms with Crippen LogP contribution >= 0.6 is 0 Å². The van der Waals surface area contributed by atoms with Crippen molar-refractivity contribution in [3.63, 3.8) is 0 Å². The van der Waals surface area contributed by atoms with Gasteiger partial charge in [-0.15, -0.1) is 0 Å². The number of hydrogen-bond acceptors (Lipinski definition) is 4. The lowest BCUT2D eigenvalue weighted by molar-refractivity contribution is -0.138. The molecular weight excluding hydrogens is 310 g/mol. The van der Waals surface area contributed by atoms with Crippen molar-refractivity contribution in [3.8, 4) is 5.75 Å². The van der Waals surface area contributed by atoms with Gasteiger partial charge in [0.2, 0.25) is 0 Å². The monoisotopic (exact) mass is 335 g/mol. The summed E-state index contributed by atoms with van der Waals surface area (Å²) in [7, 11) is 0. The smallest absolute Gasteiger partial charge is 0.323 e. The largest absolute Gasteiger partial charge is 0.491 e. The van der Waals surface area contributed by atoms with Crippen LogP contribution in [0.3, 0.4) is 0 Å². The normalized spacial score (nSPS) is 18.2. The molecule has 1 heterocycles. The van der Waals surface area contributed by atoms with Crippen LogP contribution in [-0.4, -0.2) is 53.8 Å². The van der Waals surface area contributed by atoms with E-state index in [9.17, 15) is 9.59 Å². The molecule has 0 spiro atoms. The zero-order valence-corrected chi connectivity index (χ0v) is 14.2. The molecular formula is C18H25NO5. The van der Waals surface area contributed by atoms with E-state index in [4.69, 9.17) is 14.6 Å². The minimum atomic E-state index is -1.02. The van der Waals surface area contributed by atoms with Gasteiger partial charge < -0.3 is 19.5 Å². The third-order valence-electron chi connectivity index (χ3n) is 4.23. The van der Waals surface area contributed by atoms with E-state index in [-0.39, 0.29) is 24.6 Å². The maximum absolute atomic E-state index is 12.7. The third kappa shape index (κ3) is 4.96. The molecule has 2 rings (SSSR count). The summed E-state index contributed by atoms with van der Waals surface area (Å²) in [6.07, 6.45) is 2.83. The molecule has 1 fully saturated rings. The van der Waals surface area contributed by atoms with E-state index in [1.165, 1.54) is 4.90 Å². The molecule has 1 saturated heterocycles. The maximum atomic E-state index is 12.7. The summed E-state index contributed by atoms with van der Waals surface area (Å²) in [5.74, 6) is -0.723. The minimum Gasteiger partial charge on any atom is -0.491 e. The number of carboxylic acid groups (broad SMARTS) is 1. The molecule has 1 aromatic rings. The first-order valence-corrected chi connectivity index (χ1v) is 8.38. The van der Waals surface area contributed by atoms with Gasteiger partial charge in [0, 0.05) is 18.2 Å². The number of nitrogens with zero attached hydrogens (tertiary/aromatic N) is 1. The molecule has 0 radical (unpaired) electrons. The topological polar surface area (TPSA) is 76.1 Å². The first-order valence-electron chi connectivity index (χ1n) is 8.38. The highest BCUT2D eigenvalue weighted by molar-refractivity contribution is 5.96. The Morgan fingerprint density at radius 2 is 2.25 bits per heavy atom.